The van der Waals surface area contributed by atoms with E-state index in [-0.39, 0.29) is 13.2 Å². The highest BCUT2D eigenvalue weighted by Crippen LogP contribution is 2.36. The van der Waals surface area contributed by atoms with Gasteiger partial charge in [0.25, 0.3) is 0 Å². The Kier molecular flexibility index (Phi) is 5.04. The van der Waals surface area contributed by atoms with Crippen LogP contribution in [-0.2, 0) is 14.3 Å². The summed E-state index contributed by atoms with van der Waals surface area (Å²) in [6.07, 6.45) is -1.48. The predicted octanol–water partition coefficient (Wildman–Crippen LogP) is 3.41. The maximum absolute atomic E-state index is 12.5. The molecule has 1 amide bonds. The maximum Gasteiger partial charge on any atom is 0.415 e. The van der Waals surface area contributed by atoms with Gasteiger partial charge in [0.2, 0.25) is 6.10 Å². The second-order valence-electron chi connectivity index (χ2n) is 6.06. The fourth-order valence-electron chi connectivity index (χ4n) is 2.10. The average molecular weight is 342 g/mol. The number of carbonyl (C=O) groups excluding carboxylic acids is 2. The smallest absolute Gasteiger partial charge is 0.415 e. The van der Waals surface area contributed by atoms with Gasteiger partial charge in [-0.25, -0.2) is 9.59 Å². The van der Waals surface area contributed by atoms with Crippen molar-refractivity contribution in [1.82, 2.24) is 0 Å². The second-order valence-corrected chi connectivity index (χ2v) is 6.50. The zero-order valence-electron chi connectivity index (χ0n) is 13.6. The molecule has 0 N–H and O–H groups in total. The lowest BCUT2D eigenvalue weighted by atomic mass is 10.2. The lowest BCUT2D eigenvalue weighted by molar-refractivity contribution is -0.151. The van der Waals surface area contributed by atoms with E-state index in [9.17, 15) is 9.59 Å². The Morgan fingerprint density at radius 2 is 2.09 bits per heavy atom. The van der Waals surface area contributed by atoms with Gasteiger partial charge in [-0.05, 0) is 45.9 Å². The summed E-state index contributed by atoms with van der Waals surface area (Å²) in [7, 11) is 0. The number of carbonyl (C=O) groups is 2. The van der Waals surface area contributed by atoms with Crippen LogP contribution in [0.4, 0.5) is 10.5 Å². The van der Waals surface area contributed by atoms with Crippen LogP contribution in [0.15, 0.2) is 18.2 Å². The number of hydrogen-bond donors (Lipinski definition) is 0. The van der Waals surface area contributed by atoms with Crippen LogP contribution in [0, 0.1) is 0 Å². The van der Waals surface area contributed by atoms with Crippen molar-refractivity contribution in [2.75, 3.05) is 18.1 Å². The van der Waals surface area contributed by atoms with Crippen LogP contribution in [0.3, 0.4) is 0 Å². The fraction of sp³-hybridized carbons (Fsp3) is 0.500. The summed E-state index contributed by atoms with van der Waals surface area (Å²) in [6, 6.07) is 4.84. The van der Waals surface area contributed by atoms with Crippen LogP contribution in [-0.4, -0.2) is 36.9 Å². The number of amides is 1. The van der Waals surface area contributed by atoms with Gasteiger partial charge in [0.15, 0.2) is 0 Å². The number of fused-ring (bicyclic) bond motifs is 1. The Morgan fingerprint density at radius 3 is 2.70 bits per heavy atom. The minimum atomic E-state index is -0.906. The third-order valence-electron chi connectivity index (χ3n) is 2.99. The second kappa shape index (κ2) is 6.66. The first-order valence-electron chi connectivity index (χ1n) is 7.34. The molecular formula is C16H20ClNO5. The van der Waals surface area contributed by atoms with Crippen molar-refractivity contribution < 1.29 is 23.8 Å². The van der Waals surface area contributed by atoms with Gasteiger partial charge in [0, 0.05) is 5.02 Å². The van der Waals surface area contributed by atoms with E-state index < -0.39 is 23.8 Å². The SMILES string of the molecule is CCOC(=O)C1CN(C(=O)OC(C)(C)C)c2cc(Cl)ccc2O1. The van der Waals surface area contributed by atoms with Gasteiger partial charge in [-0.2, -0.15) is 0 Å². The zero-order valence-corrected chi connectivity index (χ0v) is 14.3. The molecule has 0 radical (unpaired) electrons. The quantitative estimate of drug-likeness (QED) is 0.771. The molecule has 0 aliphatic carbocycles. The highest BCUT2D eigenvalue weighted by atomic mass is 35.5. The van der Waals surface area contributed by atoms with E-state index in [1.54, 1.807) is 45.9 Å². The molecule has 1 aromatic carbocycles. The molecule has 1 heterocycles. The van der Waals surface area contributed by atoms with Crippen LogP contribution < -0.4 is 9.64 Å². The molecule has 0 spiro atoms. The molecule has 7 heteroatoms. The summed E-state index contributed by atoms with van der Waals surface area (Å²) in [5.74, 6) is -0.147. The zero-order chi connectivity index (χ0) is 17.2. The molecule has 0 bridgehead atoms. The van der Waals surface area contributed by atoms with Crippen molar-refractivity contribution in [2.45, 2.75) is 39.4 Å². The van der Waals surface area contributed by atoms with Gasteiger partial charge >= 0.3 is 12.1 Å². The lowest BCUT2D eigenvalue weighted by Gasteiger charge is -2.34. The molecule has 6 nitrogen and oxygen atoms in total. The molecule has 1 atom stereocenters. The number of benzene rings is 1. The summed E-state index contributed by atoms with van der Waals surface area (Å²) >= 11 is 6.00. The molecule has 0 saturated carbocycles. The maximum atomic E-state index is 12.5. The predicted molar refractivity (Wildman–Crippen MR) is 86.1 cm³/mol. The average Bonchev–Trinajstić information content (AvgIpc) is 2.44. The number of halogens is 1. The molecule has 1 aliphatic rings. The Balaban J connectivity index is 2.33. The molecule has 0 aromatic heterocycles. The van der Waals surface area contributed by atoms with E-state index in [0.717, 1.165) is 0 Å². The first kappa shape index (κ1) is 17.4. The van der Waals surface area contributed by atoms with Crippen molar-refractivity contribution in [3.63, 3.8) is 0 Å². The Labute approximate surface area is 140 Å². The van der Waals surface area contributed by atoms with E-state index >= 15 is 0 Å². The summed E-state index contributed by atoms with van der Waals surface area (Å²) < 4.78 is 16.0. The molecule has 0 saturated heterocycles. The van der Waals surface area contributed by atoms with Gasteiger partial charge in [-0.15, -0.1) is 0 Å². The van der Waals surface area contributed by atoms with E-state index in [1.807, 2.05) is 0 Å². The molecule has 23 heavy (non-hydrogen) atoms. The highest BCUT2D eigenvalue weighted by molar-refractivity contribution is 6.31. The number of esters is 1. The van der Waals surface area contributed by atoms with Crippen LogP contribution >= 0.6 is 11.6 Å². The van der Waals surface area contributed by atoms with Gasteiger partial charge < -0.3 is 14.2 Å². The van der Waals surface area contributed by atoms with Crippen LogP contribution in [0.5, 0.6) is 5.75 Å². The van der Waals surface area contributed by atoms with Gasteiger partial charge in [0.05, 0.1) is 18.8 Å². The van der Waals surface area contributed by atoms with Crippen molar-refractivity contribution in [3.05, 3.63) is 23.2 Å². The molecule has 126 valence electrons. The molecular weight excluding hydrogens is 322 g/mol. The normalized spacial score (nSPS) is 17.1. The van der Waals surface area contributed by atoms with Crippen molar-refractivity contribution in [2.24, 2.45) is 0 Å². The summed E-state index contributed by atoms with van der Waals surface area (Å²) in [4.78, 5) is 25.8. The summed E-state index contributed by atoms with van der Waals surface area (Å²) in [5.41, 5.74) is -0.194. The third-order valence-corrected chi connectivity index (χ3v) is 3.23. The Morgan fingerprint density at radius 1 is 1.39 bits per heavy atom. The van der Waals surface area contributed by atoms with Crippen molar-refractivity contribution >= 4 is 29.4 Å². The molecule has 0 fully saturated rings. The monoisotopic (exact) mass is 341 g/mol. The van der Waals surface area contributed by atoms with Crippen LogP contribution in [0.2, 0.25) is 5.02 Å². The number of hydrogen-bond acceptors (Lipinski definition) is 5. The fourth-order valence-corrected chi connectivity index (χ4v) is 2.27. The van der Waals surface area contributed by atoms with Crippen molar-refractivity contribution in [1.29, 1.82) is 0 Å². The van der Waals surface area contributed by atoms with Gasteiger partial charge in [-0.1, -0.05) is 11.6 Å². The summed E-state index contributed by atoms with van der Waals surface area (Å²) in [6.45, 7) is 7.26. The summed E-state index contributed by atoms with van der Waals surface area (Å²) in [5, 5.41) is 0.454. The van der Waals surface area contributed by atoms with Crippen LogP contribution in [0.25, 0.3) is 0 Å². The molecule has 1 aromatic rings. The first-order valence-corrected chi connectivity index (χ1v) is 7.72. The Bertz CT molecular complexity index is 611. The first-order chi connectivity index (χ1) is 10.7. The number of rotatable bonds is 2. The third kappa shape index (κ3) is 4.28. The van der Waals surface area contributed by atoms with Gasteiger partial charge in [-0.3, -0.25) is 4.90 Å². The van der Waals surface area contributed by atoms with E-state index in [1.165, 1.54) is 4.90 Å². The van der Waals surface area contributed by atoms with E-state index in [2.05, 4.69) is 0 Å². The van der Waals surface area contributed by atoms with Gasteiger partial charge in [0.1, 0.15) is 11.4 Å². The number of nitrogens with zero attached hydrogens (tertiary/aromatic N) is 1. The van der Waals surface area contributed by atoms with Crippen LogP contribution in [0.1, 0.15) is 27.7 Å². The standard InChI is InChI=1S/C16H20ClNO5/c1-5-21-14(19)13-9-18(15(20)23-16(2,3)4)11-8-10(17)6-7-12(11)22-13/h6-8,13H,5,9H2,1-4H3. The Hall–Kier alpha value is -1.95. The lowest BCUT2D eigenvalue weighted by Crippen LogP contribution is -2.49. The minimum absolute atomic E-state index is 0.00108. The largest absolute Gasteiger partial charge is 0.475 e. The van der Waals surface area contributed by atoms with Crippen molar-refractivity contribution in [3.8, 4) is 5.75 Å². The molecule has 1 aliphatic heterocycles. The molecule has 1 unspecified atom stereocenters. The molecule has 2 rings (SSSR count). The number of ether oxygens (including phenoxy) is 3. The van der Waals surface area contributed by atoms with E-state index in [4.69, 9.17) is 25.8 Å². The minimum Gasteiger partial charge on any atom is -0.475 e. The topological polar surface area (TPSA) is 65.1 Å². The highest BCUT2D eigenvalue weighted by Gasteiger charge is 2.36. The number of anilines is 1. The van der Waals surface area contributed by atoms with E-state index in [0.29, 0.717) is 16.5 Å².